The van der Waals surface area contributed by atoms with Gasteiger partial charge in [0.25, 0.3) is 15.9 Å². The van der Waals surface area contributed by atoms with Crippen LogP contribution in [0, 0.1) is 13.8 Å². The smallest absolute Gasteiger partial charge is 0.261 e. The van der Waals surface area contributed by atoms with Gasteiger partial charge in [-0.15, -0.1) is 0 Å². The molecule has 0 aliphatic heterocycles. The first-order valence-electron chi connectivity index (χ1n) is 9.86. The third-order valence-corrected chi connectivity index (χ3v) is 6.49. The predicted octanol–water partition coefficient (Wildman–Crippen LogP) is 4.60. The number of nitrogens with one attached hydrogen (secondary N) is 2. The molecule has 7 heteroatoms. The van der Waals surface area contributed by atoms with Crippen molar-refractivity contribution in [3.63, 3.8) is 0 Å². The molecule has 3 aromatic rings. The molecule has 0 heterocycles. The lowest BCUT2D eigenvalue weighted by Crippen LogP contribution is -2.28. The van der Waals surface area contributed by atoms with Crippen molar-refractivity contribution < 1.29 is 17.9 Å². The second kappa shape index (κ2) is 9.22. The molecule has 3 rings (SSSR count). The van der Waals surface area contributed by atoms with Gasteiger partial charge in [0.1, 0.15) is 5.75 Å². The molecule has 0 saturated carbocycles. The maximum absolute atomic E-state index is 12.9. The van der Waals surface area contributed by atoms with E-state index in [4.69, 9.17) is 4.74 Å². The summed E-state index contributed by atoms with van der Waals surface area (Å²) in [5.41, 5.74) is 3.12. The summed E-state index contributed by atoms with van der Waals surface area (Å²) >= 11 is 0. The Bertz CT molecular complexity index is 1190. The number of hydrogen-bond donors (Lipinski definition) is 2. The highest BCUT2D eigenvalue weighted by Gasteiger charge is 2.20. The van der Waals surface area contributed by atoms with Gasteiger partial charge < -0.3 is 10.1 Å². The Hall–Kier alpha value is -3.32. The second-order valence-corrected chi connectivity index (χ2v) is 9.02. The first-order chi connectivity index (χ1) is 14.7. The molecule has 2 N–H and O–H groups in total. The van der Waals surface area contributed by atoms with Crippen LogP contribution in [-0.2, 0) is 10.0 Å². The van der Waals surface area contributed by atoms with Gasteiger partial charge in [-0.05, 0) is 56.7 Å². The van der Waals surface area contributed by atoms with E-state index < -0.39 is 10.0 Å². The zero-order valence-electron chi connectivity index (χ0n) is 18.0. The van der Waals surface area contributed by atoms with Gasteiger partial charge in [0, 0.05) is 11.1 Å². The molecule has 0 unspecified atom stereocenters. The van der Waals surface area contributed by atoms with Gasteiger partial charge in [-0.3, -0.25) is 9.52 Å². The van der Waals surface area contributed by atoms with Crippen LogP contribution < -0.4 is 14.8 Å². The topological polar surface area (TPSA) is 84.5 Å². The number of carbonyl (C=O) groups excluding carboxylic acids is 1. The highest BCUT2D eigenvalue weighted by molar-refractivity contribution is 7.92. The molecule has 1 atom stereocenters. The van der Waals surface area contributed by atoms with Crippen molar-refractivity contribution in [3.8, 4) is 5.75 Å². The lowest BCUT2D eigenvalue weighted by molar-refractivity contribution is 0.0939. The Morgan fingerprint density at radius 1 is 0.935 bits per heavy atom. The van der Waals surface area contributed by atoms with Gasteiger partial charge >= 0.3 is 0 Å². The minimum atomic E-state index is -3.77. The van der Waals surface area contributed by atoms with Crippen LogP contribution in [0.1, 0.15) is 40.0 Å². The van der Waals surface area contributed by atoms with Crippen molar-refractivity contribution in [3.05, 3.63) is 89.0 Å². The normalized spacial score (nSPS) is 12.1. The van der Waals surface area contributed by atoms with Crippen LogP contribution in [0.5, 0.6) is 5.75 Å². The monoisotopic (exact) mass is 438 g/mol. The van der Waals surface area contributed by atoms with E-state index in [2.05, 4.69) is 10.0 Å². The number of benzene rings is 3. The fourth-order valence-corrected chi connectivity index (χ4v) is 4.41. The number of aryl methyl sites for hydroxylation is 1. The van der Waals surface area contributed by atoms with Crippen LogP contribution in [-0.4, -0.2) is 21.4 Å². The van der Waals surface area contributed by atoms with E-state index in [1.165, 1.54) is 0 Å². The SMILES string of the molecule is COc1ccccc1[C@H](C)NC(=O)c1cccc(NS(=O)(=O)c2ccc(C)cc2)c1C. The molecule has 0 fully saturated rings. The zero-order valence-corrected chi connectivity index (χ0v) is 18.8. The van der Waals surface area contributed by atoms with Gasteiger partial charge in [0.05, 0.1) is 23.7 Å². The molecular weight excluding hydrogens is 412 g/mol. The number of anilines is 1. The molecule has 0 saturated heterocycles. The molecule has 0 aromatic heterocycles. The fraction of sp³-hybridized carbons (Fsp3) is 0.208. The molecule has 31 heavy (non-hydrogen) atoms. The number of amides is 1. The van der Waals surface area contributed by atoms with Crippen LogP contribution >= 0.6 is 0 Å². The lowest BCUT2D eigenvalue weighted by Gasteiger charge is -2.19. The number of methoxy groups -OCH3 is 1. The van der Waals surface area contributed by atoms with Crippen LogP contribution in [0.4, 0.5) is 5.69 Å². The number of carbonyl (C=O) groups is 1. The summed E-state index contributed by atoms with van der Waals surface area (Å²) in [6, 6.07) is 18.7. The molecule has 162 valence electrons. The predicted molar refractivity (Wildman–Crippen MR) is 122 cm³/mol. The Morgan fingerprint density at radius 3 is 2.29 bits per heavy atom. The number of sulfonamides is 1. The van der Waals surface area contributed by atoms with E-state index in [1.54, 1.807) is 56.5 Å². The number of rotatable bonds is 7. The quantitative estimate of drug-likeness (QED) is 0.564. The minimum absolute atomic E-state index is 0.164. The van der Waals surface area contributed by atoms with Crippen LogP contribution in [0.2, 0.25) is 0 Å². The number of ether oxygens (including phenoxy) is 1. The van der Waals surface area contributed by atoms with Crippen molar-refractivity contribution in [1.29, 1.82) is 0 Å². The maximum Gasteiger partial charge on any atom is 0.261 e. The molecule has 0 radical (unpaired) electrons. The molecule has 0 aliphatic carbocycles. The van der Waals surface area contributed by atoms with Gasteiger partial charge in [-0.1, -0.05) is 42.0 Å². The summed E-state index contributed by atoms with van der Waals surface area (Å²) in [5, 5.41) is 2.96. The third-order valence-electron chi connectivity index (χ3n) is 5.11. The maximum atomic E-state index is 12.9. The summed E-state index contributed by atoms with van der Waals surface area (Å²) in [6.07, 6.45) is 0. The van der Waals surface area contributed by atoms with Crippen molar-refractivity contribution >= 4 is 21.6 Å². The van der Waals surface area contributed by atoms with Crippen molar-refractivity contribution in [2.24, 2.45) is 0 Å². The molecule has 0 aliphatic rings. The van der Waals surface area contributed by atoms with Gasteiger partial charge in [-0.25, -0.2) is 8.42 Å². The van der Waals surface area contributed by atoms with E-state index in [1.807, 2.05) is 38.1 Å². The molecule has 0 spiro atoms. The van der Waals surface area contributed by atoms with Crippen molar-refractivity contribution in [1.82, 2.24) is 5.32 Å². The Morgan fingerprint density at radius 2 is 1.61 bits per heavy atom. The minimum Gasteiger partial charge on any atom is -0.496 e. The lowest BCUT2D eigenvalue weighted by atomic mass is 10.0. The first-order valence-corrected chi connectivity index (χ1v) is 11.3. The van der Waals surface area contributed by atoms with E-state index >= 15 is 0 Å². The summed E-state index contributed by atoms with van der Waals surface area (Å²) in [6.45, 7) is 5.48. The fourth-order valence-electron chi connectivity index (χ4n) is 3.29. The van der Waals surface area contributed by atoms with E-state index in [9.17, 15) is 13.2 Å². The summed E-state index contributed by atoms with van der Waals surface area (Å²) in [4.78, 5) is 13.1. The second-order valence-electron chi connectivity index (χ2n) is 7.33. The largest absolute Gasteiger partial charge is 0.496 e. The van der Waals surface area contributed by atoms with E-state index in [0.717, 1.165) is 11.1 Å². The molecule has 6 nitrogen and oxygen atoms in total. The Balaban J connectivity index is 1.83. The highest BCUT2D eigenvalue weighted by Crippen LogP contribution is 2.26. The average molecular weight is 439 g/mol. The zero-order chi connectivity index (χ0) is 22.6. The summed E-state index contributed by atoms with van der Waals surface area (Å²) in [5.74, 6) is 0.388. The van der Waals surface area contributed by atoms with Crippen molar-refractivity contribution in [2.45, 2.75) is 31.7 Å². The molecule has 1 amide bonds. The summed E-state index contributed by atoms with van der Waals surface area (Å²) in [7, 11) is -2.18. The van der Waals surface area contributed by atoms with Crippen molar-refractivity contribution in [2.75, 3.05) is 11.8 Å². The number of hydrogen-bond acceptors (Lipinski definition) is 4. The van der Waals surface area contributed by atoms with Crippen LogP contribution in [0.3, 0.4) is 0 Å². The van der Waals surface area contributed by atoms with Gasteiger partial charge in [-0.2, -0.15) is 0 Å². The highest BCUT2D eigenvalue weighted by atomic mass is 32.2. The Labute approximate surface area is 183 Å². The number of para-hydroxylation sites is 1. The van der Waals surface area contributed by atoms with E-state index in [-0.39, 0.29) is 16.8 Å². The molecule has 3 aromatic carbocycles. The van der Waals surface area contributed by atoms with Gasteiger partial charge in [0.2, 0.25) is 0 Å². The van der Waals surface area contributed by atoms with E-state index in [0.29, 0.717) is 22.6 Å². The Kier molecular flexibility index (Phi) is 6.65. The first kappa shape index (κ1) is 22.4. The third kappa shape index (κ3) is 5.06. The average Bonchev–Trinajstić information content (AvgIpc) is 2.75. The van der Waals surface area contributed by atoms with Gasteiger partial charge in [0.15, 0.2) is 0 Å². The van der Waals surface area contributed by atoms with Crippen LogP contribution in [0.15, 0.2) is 71.6 Å². The standard InChI is InChI=1S/C24H26N2O4S/c1-16-12-14-19(15-13-16)31(28,29)26-22-10-7-9-20(17(22)2)24(27)25-18(3)21-8-5-6-11-23(21)30-4/h5-15,18,26H,1-4H3,(H,25,27)/t18-/m0/s1. The molecule has 0 bridgehead atoms. The molecular formula is C24H26N2O4S. The van der Waals surface area contributed by atoms with Crippen LogP contribution in [0.25, 0.3) is 0 Å². The summed E-state index contributed by atoms with van der Waals surface area (Å²) < 4.78 is 33.5.